The quantitative estimate of drug-likeness (QED) is 0.441. The molecule has 0 spiro atoms. The Morgan fingerprint density at radius 1 is 1.46 bits per heavy atom. The van der Waals surface area contributed by atoms with Gasteiger partial charge in [-0.2, -0.15) is 0 Å². The number of anilines is 1. The summed E-state index contributed by atoms with van der Waals surface area (Å²) in [6, 6.07) is 4.60. The van der Waals surface area contributed by atoms with Crippen molar-refractivity contribution in [1.29, 1.82) is 0 Å². The molecule has 4 heteroatoms. The summed E-state index contributed by atoms with van der Waals surface area (Å²) in [4.78, 5) is 0.882. The van der Waals surface area contributed by atoms with Crippen molar-refractivity contribution in [2.45, 2.75) is 4.90 Å². The van der Waals surface area contributed by atoms with E-state index in [0.29, 0.717) is 5.69 Å². The van der Waals surface area contributed by atoms with Crippen LogP contribution >= 0.6 is 11.8 Å². The Kier molecular flexibility index (Phi) is 4.05. The number of nitrogens with two attached hydrogens (primary N) is 1. The minimum absolute atomic E-state index is 0.271. The third-order valence-corrected chi connectivity index (χ3v) is 2.49. The number of halogens is 1. The monoisotopic (exact) mass is 200 g/mol. The second-order valence-electron chi connectivity index (χ2n) is 2.67. The van der Waals surface area contributed by atoms with Crippen molar-refractivity contribution < 1.29 is 4.39 Å². The molecule has 0 bridgehead atoms. The van der Waals surface area contributed by atoms with E-state index in [4.69, 9.17) is 5.73 Å². The van der Waals surface area contributed by atoms with Crippen LogP contribution < -0.4 is 11.1 Å². The van der Waals surface area contributed by atoms with Gasteiger partial charge in [-0.05, 0) is 25.2 Å². The molecule has 0 saturated heterocycles. The van der Waals surface area contributed by atoms with Gasteiger partial charge in [-0.25, -0.2) is 4.39 Å². The summed E-state index contributed by atoms with van der Waals surface area (Å²) in [6.45, 7) is 0.904. The highest BCUT2D eigenvalue weighted by Gasteiger charge is 1.98. The largest absolute Gasteiger partial charge is 0.399 e. The van der Waals surface area contributed by atoms with Gasteiger partial charge in [0, 0.05) is 22.9 Å². The lowest BCUT2D eigenvalue weighted by Crippen LogP contribution is -2.09. The highest BCUT2D eigenvalue weighted by Crippen LogP contribution is 2.21. The molecule has 0 unspecified atom stereocenters. The normalized spacial score (nSPS) is 10.3. The van der Waals surface area contributed by atoms with Crippen molar-refractivity contribution in [2.75, 3.05) is 25.1 Å². The number of rotatable bonds is 4. The third kappa shape index (κ3) is 3.65. The number of benzene rings is 1. The van der Waals surface area contributed by atoms with E-state index in [2.05, 4.69) is 5.32 Å². The van der Waals surface area contributed by atoms with E-state index < -0.39 is 0 Å². The first-order valence-corrected chi connectivity index (χ1v) is 5.04. The summed E-state index contributed by atoms with van der Waals surface area (Å²) in [5.41, 5.74) is 5.97. The van der Waals surface area contributed by atoms with Crippen LogP contribution in [0.15, 0.2) is 23.1 Å². The second-order valence-corrected chi connectivity index (χ2v) is 3.84. The Morgan fingerprint density at radius 2 is 2.23 bits per heavy atom. The van der Waals surface area contributed by atoms with Gasteiger partial charge in [0.1, 0.15) is 5.82 Å². The van der Waals surface area contributed by atoms with E-state index in [1.54, 1.807) is 17.8 Å². The first kappa shape index (κ1) is 10.3. The highest BCUT2D eigenvalue weighted by molar-refractivity contribution is 7.99. The molecule has 1 aromatic rings. The second kappa shape index (κ2) is 5.09. The number of nitrogen functional groups attached to an aromatic ring is 1. The number of hydrogen-bond donors (Lipinski definition) is 2. The zero-order valence-electron chi connectivity index (χ0n) is 7.51. The smallest absolute Gasteiger partial charge is 0.126 e. The molecule has 1 rings (SSSR count). The summed E-state index contributed by atoms with van der Waals surface area (Å²) < 4.78 is 12.8. The molecule has 0 aliphatic heterocycles. The van der Waals surface area contributed by atoms with Crippen LogP contribution in [0.1, 0.15) is 0 Å². The standard InChI is InChI=1S/C9H13FN2S/c1-12-2-3-13-9-5-7(10)4-8(11)6-9/h4-6,12H,2-3,11H2,1H3. The maximum atomic E-state index is 12.8. The molecule has 0 heterocycles. The molecule has 1 aromatic carbocycles. The number of thioether (sulfide) groups is 1. The summed E-state index contributed by atoms with van der Waals surface area (Å²) in [6.07, 6.45) is 0. The molecule has 0 aliphatic rings. The minimum Gasteiger partial charge on any atom is -0.399 e. The topological polar surface area (TPSA) is 38.0 Å². The minimum atomic E-state index is -0.271. The summed E-state index contributed by atoms with van der Waals surface area (Å²) in [5.74, 6) is 0.645. The van der Waals surface area contributed by atoms with Crippen LogP contribution in [-0.2, 0) is 0 Å². The fraction of sp³-hybridized carbons (Fsp3) is 0.333. The molecular formula is C9H13FN2S. The van der Waals surface area contributed by atoms with Crippen LogP contribution in [0, 0.1) is 5.82 Å². The molecular weight excluding hydrogens is 187 g/mol. The van der Waals surface area contributed by atoms with Crippen LogP contribution in [0.25, 0.3) is 0 Å². The van der Waals surface area contributed by atoms with Gasteiger partial charge in [-0.15, -0.1) is 11.8 Å². The predicted molar refractivity (Wildman–Crippen MR) is 55.5 cm³/mol. The van der Waals surface area contributed by atoms with Gasteiger partial charge in [0.15, 0.2) is 0 Å². The molecule has 0 radical (unpaired) electrons. The lowest BCUT2D eigenvalue weighted by Gasteiger charge is -2.02. The van der Waals surface area contributed by atoms with Gasteiger partial charge in [0.05, 0.1) is 0 Å². The van der Waals surface area contributed by atoms with Crippen molar-refractivity contribution >= 4 is 17.4 Å². The Balaban J connectivity index is 2.56. The lowest BCUT2D eigenvalue weighted by molar-refractivity contribution is 0.625. The summed E-state index contributed by atoms with van der Waals surface area (Å²) >= 11 is 1.59. The van der Waals surface area contributed by atoms with Crippen LogP contribution in [0.4, 0.5) is 10.1 Å². The van der Waals surface area contributed by atoms with Gasteiger partial charge in [-0.1, -0.05) is 0 Å². The lowest BCUT2D eigenvalue weighted by atomic mass is 10.3. The fourth-order valence-corrected chi connectivity index (χ4v) is 1.90. The van der Waals surface area contributed by atoms with Crippen molar-refractivity contribution in [3.63, 3.8) is 0 Å². The van der Waals surface area contributed by atoms with Gasteiger partial charge < -0.3 is 11.1 Å². The molecule has 13 heavy (non-hydrogen) atoms. The average Bonchev–Trinajstić information content (AvgIpc) is 2.03. The van der Waals surface area contributed by atoms with Crippen molar-refractivity contribution in [3.05, 3.63) is 24.0 Å². The molecule has 0 aromatic heterocycles. The van der Waals surface area contributed by atoms with Gasteiger partial charge in [0.25, 0.3) is 0 Å². The van der Waals surface area contributed by atoms with Crippen LogP contribution in [0.2, 0.25) is 0 Å². The number of hydrogen-bond acceptors (Lipinski definition) is 3. The zero-order valence-corrected chi connectivity index (χ0v) is 8.33. The Labute approximate surface area is 81.7 Å². The molecule has 2 nitrogen and oxygen atoms in total. The SMILES string of the molecule is CNCCSc1cc(N)cc(F)c1. The van der Waals surface area contributed by atoms with Crippen LogP contribution in [-0.4, -0.2) is 19.3 Å². The van der Waals surface area contributed by atoms with E-state index in [1.807, 2.05) is 7.05 Å². The van der Waals surface area contributed by atoms with Gasteiger partial charge in [-0.3, -0.25) is 0 Å². The maximum Gasteiger partial charge on any atom is 0.126 e. The molecule has 72 valence electrons. The molecule has 0 atom stereocenters. The summed E-state index contributed by atoms with van der Waals surface area (Å²) in [5, 5.41) is 3.02. The average molecular weight is 200 g/mol. The van der Waals surface area contributed by atoms with Gasteiger partial charge >= 0.3 is 0 Å². The fourth-order valence-electron chi connectivity index (χ4n) is 0.939. The predicted octanol–water partition coefficient (Wildman–Crippen LogP) is 1.72. The van der Waals surface area contributed by atoms with Crippen molar-refractivity contribution in [3.8, 4) is 0 Å². The van der Waals surface area contributed by atoms with Crippen molar-refractivity contribution in [2.24, 2.45) is 0 Å². The van der Waals surface area contributed by atoms with Crippen molar-refractivity contribution in [1.82, 2.24) is 5.32 Å². The van der Waals surface area contributed by atoms with E-state index >= 15 is 0 Å². The molecule has 0 saturated carbocycles. The molecule has 0 amide bonds. The third-order valence-electron chi connectivity index (χ3n) is 1.51. The Morgan fingerprint density at radius 3 is 2.85 bits per heavy atom. The van der Waals surface area contributed by atoms with E-state index in [1.165, 1.54) is 12.1 Å². The first-order valence-electron chi connectivity index (χ1n) is 4.06. The number of nitrogens with one attached hydrogen (secondary N) is 1. The van der Waals surface area contributed by atoms with E-state index in [-0.39, 0.29) is 5.82 Å². The molecule has 0 aliphatic carbocycles. The summed E-state index contributed by atoms with van der Waals surface area (Å²) in [7, 11) is 1.89. The molecule has 3 N–H and O–H groups in total. The maximum absolute atomic E-state index is 12.8. The highest BCUT2D eigenvalue weighted by atomic mass is 32.2. The first-order chi connectivity index (χ1) is 6.22. The van der Waals surface area contributed by atoms with E-state index in [0.717, 1.165) is 17.2 Å². The van der Waals surface area contributed by atoms with Crippen LogP contribution in [0.3, 0.4) is 0 Å². The Bertz CT molecular complexity index is 258. The van der Waals surface area contributed by atoms with Gasteiger partial charge in [0.2, 0.25) is 0 Å². The zero-order chi connectivity index (χ0) is 9.68. The van der Waals surface area contributed by atoms with Crippen LogP contribution in [0.5, 0.6) is 0 Å². The Hall–Kier alpha value is -0.740. The van der Waals surface area contributed by atoms with E-state index in [9.17, 15) is 4.39 Å². The molecule has 0 fully saturated rings.